The minimum atomic E-state index is -0.0705. The van der Waals surface area contributed by atoms with Gasteiger partial charge < -0.3 is 19.1 Å². The number of rotatable bonds is 6. The Hall–Kier alpha value is -2.83. The molecule has 25 heavy (non-hydrogen) atoms. The molecule has 0 saturated carbocycles. The molecule has 1 atom stereocenters. The molecule has 1 saturated heterocycles. The van der Waals surface area contributed by atoms with Crippen molar-refractivity contribution < 1.29 is 19.0 Å². The van der Waals surface area contributed by atoms with E-state index in [4.69, 9.17) is 14.2 Å². The minimum Gasteiger partial charge on any atom is -0.493 e. The fraction of sp³-hybridized carbons (Fsp3) is 0.389. The summed E-state index contributed by atoms with van der Waals surface area (Å²) in [6, 6.07) is 8.99. The van der Waals surface area contributed by atoms with Crippen LogP contribution >= 0.6 is 0 Å². The zero-order valence-electron chi connectivity index (χ0n) is 14.1. The number of nitrogens with zero attached hydrogens (tertiary/aromatic N) is 3. The third-order valence-corrected chi connectivity index (χ3v) is 3.99. The van der Waals surface area contributed by atoms with Crippen LogP contribution in [0.4, 0.5) is 0 Å². The Morgan fingerprint density at radius 2 is 2.12 bits per heavy atom. The summed E-state index contributed by atoms with van der Waals surface area (Å²) in [7, 11) is 1.57. The lowest BCUT2D eigenvalue weighted by molar-refractivity contribution is -0.136. The first-order valence-corrected chi connectivity index (χ1v) is 8.22. The highest BCUT2D eigenvalue weighted by Gasteiger charge is 2.25. The van der Waals surface area contributed by atoms with E-state index in [9.17, 15) is 4.79 Å². The van der Waals surface area contributed by atoms with Crippen molar-refractivity contribution in [2.45, 2.75) is 18.9 Å². The molecule has 1 amide bonds. The molecule has 0 spiro atoms. The normalized spacial score (nSPS) is 17.0. The molecule has 2 heterocycles. The predicted molar refractivity (Wildman–Crippen MR) is 90.8 cm³/mol. The van der Waals surface area contributed by atoms with E-state index in [1.165, 1.54) is 6.33 Å². The lowest BCUT2D eigenvalue weighted by Gasteiger charge is -2.32. The SMILES string of the molecule is COc1ccccc1OCC(=O)N1CCC[C@H](Oc2ccncn2)C1. The van der Waals surface area contributed by atoms with Crippen LogP contribution in [-0.2, 0) is 4.79 Å². The molecule has 0 unspecified atom stereocenters. The summed E-state index contributed by atoms with van der Waals surface area (Å²) < 4.78 is 16.7. The maximum atomic E-state index is 12.4. The Kier molecular flexibility index (Phi) is 5.66. The Morgan fingerprint density at radius 3 is 2.88 bits per heavy atom. The first-order chi connectivity index (χ1) is 12.3. The zero-order valence-corrected chi connectivity index (χ0v) is 14.1. The highest BCUT2D eigenvalue weighted by molar-refractivity contribution is 5.78. The molecule has 1 aromatic heterocycles. The summed E-state index contributed by atoms with van der Waals surface area (Å²) in [5.74, 6) is 1.63. The van der Waals surface area contributed by atoms with E-state index >= 15 is 0 Å². The predicted octanol–water partition coefficient (Wildman–Crippen LogP) is 1.93. The maximum absolute atomic E-state index is 12.4. The monoisotopic (exact) mass is 343 g/mol. The van der Waals surface area contributed by atoms with Crippen molar-refractivity contribution in [2.24, 2.45) is 0 Å². The van der Waals surface area contributed by atoms with E-state index < -0.39 is 0 Å². The average molecular weight is 343 g/mol. The van der Waals surface area contributed by atoms with Gasteiger partial charge >= 0.3 is 0 Å². The number of hydrogen-bond donors (Lipinski definition) is 0. The first-order valence-electron chi connectivity index (χ1n) is 8.22. The number of aromatic nitrogens is 2. The number of amides is 1. The van der Waals surface area contributed by atoms with Gasteiger partial charge in [-0.3, -0.25) is 4.79 Å². The van der Waals surface area contributed by atoms with E-state index in [1.807, 2.05) is 12.1 Å². The molecule has 0 bridgehead atoms. The van der Waals surface area contributed by atoms with Crippen LogP contribution in [0.2, 0.25) is 0 Å². The fourth-order valence-corrected chi connectivity index (χ4v) is 2.75. The smallest absolute Gasteiger partial charge is 0.260 e. The average Bonchev–Trinajstić information content (AvgIpc) is 2.67. The lowest BCUT2D eigenvalue weighted by Crippen LogP contribution is -2.46. The summed E-state index contributed by atoms with van der Waals surface area (Å²) in [5, 5.41) is 0. The highest BCUT2D eigenvalue weighted by atomic mass is 16.5. The van der Waals surface area contributed by atoms with Gasteiger partial charge in [0.2, 0.25) is 5.88 Å². The minimum absolute atomic E-state index is 0.0272. The molecular formula is C18H21N3O4. The quantitative estimate of drug-likeness (QED) is 0.798. The van der Waals surface area contributed by atoms with Crippen molar-refractivity contribution in [3.05, 3.63) is 42.9 Å². The van der Waals surface area contributed by atoms with Crippen LogP contribution in [0, 0.1) is 0 Å². The van der Waals surface area contributed by atoms with Crippen molar-refractivity contribution >= 4 is 5.91 Å². The molecule has 1 aliphatic heterocycles. The van der Waals surface area contributed by atoms with Crippen LogP contribution in [0.25, 0.3) is 0 Å². The number of benzene rings is 1. The molecule has 1 fully saturated rings. The first kappa shape index (κ1) is 17.0. The number of carbonyl (C=O) groups excluding carboxylic acids is 1. The third kappa shape index (κ3) is 4.59. The largest absolute Gasteiger partial charge is 0.493 e. The molecule has 3 rings (SSSR count). The van der Waals surface area contributed by atoms with Crippen molar-refractivity contribution in [2.75, 3.05) is 26.8 Å². The van der Waals surface area contributed by atoms with Crippen molar-refractivity contribution in [3.63, 3.8) is 0 Å². The molecule has 132 valence electrons. The lowest BCUT2D eigenvalue weighted by atomic mass is 10.1. The fourth-order valence-electron chi connectivity index (χ4n) is 2.75. The molecule has 2 aromatic rings. The van der Waals surface area contributed by atoms with E-state index in [1.54, 1.807) is 36.4 Å². The van der Waals surface area contributed by atoms with Crippen LogP contribution in [0.5, 0.6) is 17.4 Å². The van der Waals surface area contributed by atoms with Crippen molar-refractivity contribution in [3.8, 4) is 17.4 Å². The van der Waals surface area contributed by atoms with Gasteiger partial charge in [0, 0.05) is 18.8 Å². The van der Waals surface area contributed by atoms with Crippen LogP contribution in [0.1, 0.15) is 12.8 Å². The molecule has 7 nitrogen and oxygen atoms in total. The molecule has 0 radical (unpaired) electrons. The van der Waals surface area contributed by atoms with Crippen molar-refractivity contribution in [1.82, 2.24) is 14.9 Å². The topological polar surface area (TPSA) is 73.8 Å². The van der Waals surface area contributed by atoms with E-state index in [0.29, 0.717) is 30.5 Å². The van der Waals surface area contributed by atoms with Crippen LogP contribution in [0.3, 0.4) is 0 Å². The number of likely N-dealkylation sites (tertiary alicyclic amines) is 1. The second-order valence-corrected chi connectivity index (χ2v) is 5.71. The number of hydrogen-bond acceptors (Lipinski definition) is 6. The number of carbonyl (C=O) groups is 1. The standard InChI is InChI=1S/C18H21N3O4/c1-23-15-6-2-3-7-16(15)24-12-18(22)21-10-4-5-14(11-21)25-17-8-9-19-13-20-17/h2-3,6-9,13-14H,4-5,10-12H2,1H3/t14-/m0/s1. The summed E-state index contributed by atoms with van der Waals surface area (Å²) in [6.07, 6.45) is 4.79. The van der Waals surface area contributed by atoms with Crippen LogP contribution in [0.15, 0.2) is 42.9 Å². The number of ether oxygens (including phenoxy) is 3. The Balaban J connectivity index is 1.53. The molecule has 1 aromatic carbocycles. The summed E-state index contributed by atoms with van der Waals surface area (Å²) in [4.78, 5) is 22.1. The van der Waals surface area contributed by atoms with Crippen LogP contribution in [-0.4, -0.2) is 53.7 Å². The summed E-state index contributed by atoms with van der Waals surface area (Å²) in [6.45, 7) is 1.20. The van der Waals surface area contributed by atoms with Gasteiger partial charge in [0.25, 0.3) is 5.91 Å². The van der Waals surface area contributed by atoms with Gasteiger partial charge in [0.1, 0.15) is 12.4 Å². The Bertz CT molecular complexity index is 696. The number of piperidine rings is 1. The molecule has 0 N–H and O–H groups in total. The molecular weight excluding hydrogens is 322 g/mol. The van der Waals surface area contributed by atoms with E-state index in [-0.39, 0.29) is 18.6 Å². The van der Waals surface area contributed by atoms with Gasteiger partial charge in [-0.2, -0.15) is 0 Å². The second-order valence-electron chi connectivity index (χ2n) is 5.71. The summed E-state index contributed by atoms with van der Waals surface area (Å²) in [5.41, 5.74) is 0. The molecule has 1 aliphatic rings. The van der Waals surface area contributed by atoms with Gasteiger partial charge in [-0.15, -0.1) is 0 Å². The number of para-hydroxylation sites is 2. The van der Waals surface area contributed by atoms with Gasteiger partial charge in [0.15, 0.2) is 18.1 Å². The highest BCUT2D eigenvalue weighted by Crippen LogP contribution is 2.26. The maximum Gasteiger partial charge on any atom is 0.260 e. The van der Waals surface area contributed by atoms with E-state index in [0.717, 1.165) is 12.8 Å². The third-order valence-electron chi connectivity index (χ3n) is 3.99. The van der Waals surface area contributed by atoms with Crippen molar-refractivity contribution in [1.29, 1.82) is 0 Å². The van der Waals surface area contributed by atoms with Gasteiger partial charge in [0.05, 0.1) is 13.7 Å². The van der Waals surface area contributed by atoms with Gasteiger partial charge in [-0.1, -0.05) is 12.1 Å². The Morgan fingerprint density at radius 1 is 1.28 bits per heavy atom. The van der Waals surface area contributed by atoms with E-state index in [2.05, 4.69) is 9.97 Å². The molecule has 7 heteroatoms. The number of methoxy groups -OCH3 is 1. The second kappa shape index (κ2) is 8.32. The Labute approximate surface area is 146 Å². The van der Waals surface area contributed by atoms with Gasteiger partial charge in [-0.25, -0.2) is 9.97 Å². The molecule has 0 aliphatic carbocycles. The zero-order chi connectivity index (χ0) is 17.5. The van der Waals surface area contributed by atoms with Gasteiger partial charge in [-0.05, 0) is 25.0 Å². The van der Waals surface area contributed by atoms with Crippen LogP contribution < -0.4 is 14.2 Å². The summed E-state index contributed by atoms with van der Waals surface area (Å²) >= 11 is 0.